The molecule has 0 aromatic heterocycles. The normalized spacial score (nSPS) is 12.7. The first kappa shape index (κ1) is 16.4. The van der Waals surface area contributed by atoms with Gasteiger partial charge in [-0.25, -0.2) is 0 Å². The number of rotatable bonds is 4. The summed E-state index contributed by atoms with van der Waals surface area (Å²) in [6.07, 6.45) is 9.54. The highest BCUT2D eigenvalue weighted by molar-refractivity contribution is 5.85. The van der Waals surface area contributed by atoms with Gasteiger partial charge in [0.25, 0.3) is 0 Å². The Balaban J connectivity index is 1.76. The molecule has 2 N–H and O–H groups in total. The minimum absolute atomic E-state index is 0.928. The lowest BCUT2D eigenvalue weighted by atomic mass is 9.95. The molecule has 128 valence electrons. The SMILES string of the molecule is Cc1cc2c(cc1C/C=C\C=C/N)-c1cccc(-c3ccccc3)c1C2. The van der Waals surface area contributed by atoms with Crippen molar-refractivity contribution in [1.82, 2.24) is 0 Å². The fourth-order valence-electron chi connectivity index (χ4n) is 3.88. The van der Waals surface area contributed by atoms with Crippen LogP contribution in [0.3, 0.4) is 0 Å². The van der Waals surface area contributed by atoms with E-state index in [9.17, 15) is 0 Å². The standard InChI is InChI=1S/C25H23N/c1-18-15-21-17-25-22(19-9-4-2-5-10-19)12-8-13-23(25)24(21)16-20(18)11-6-3-7-14-26/h2-10,12-16H,11,17,26H2,1H3/b6-3-,14-7-. The Morgan fingerprint density at radius 1 is 0.885 bits per heavy atom. The van der Waals surface area contributed by atoms with Gasteiger partial charge in [0.15, 0.2) is 0 Å². The molecule has 26 heavy (non-hydrogen) atoms. The Bertz CT molecular complexity index is 994. The van der Waals surface area contributed by atoms with Gasteiger partial charge in [-0.2, -0.15) is 0 Å². The van der Waals surface area contributed by atoms with E-state index in [0.717, 1.165) is 12.8 Å². The van der Waals surface area contributed by atoms with Crippen molar-refractivity contribution in [3.8, 4) is 22.3 Å². The molecular formula is C25H23N. The molecule has 0 unspecified atom stereocenters. The second kappa shape index (κ2) is 7.05. The largest absolute Gasteiger partial charge is 0.405 e. The van der Waals surface area contributed by atoms with Gasteiger partial charge in [-0.3, -0.25) is 0 Å². The van der Waals surface area contributed by atoms with E-state index >= 15 is 0 Å². The van der Waals surface area contributed by atoms with Crippen LogP contribution in [0, 0.1) is 6.92 Å². The molecule has 0 fully saturated rings. The molecular weight excluding hydrogens is 314 g/mol. The maximum absolute atomic E-state index is 5.40. The van der Waals surface area contributed by atoms with Crippen LogP contribution in [-0.4, -0.2) is 0 Å². The molecule has 0 saturated heterocycles. The Hall–Kier alpha value is -3.06. The van der Waals surface area contributed by atoms with Crippen LogP contribution < -0.4 is 5.73 Å². The van der Waals surface area contributed by atoms with E-state index < -0.39 is 0 Å². The van der Waals surface area contributed by atoms with Crippen LogP contribution in [0.5, 0.6) is 0 Å². The Labute approximate surface area is 155 Å². The molecule has 1 heteroatoms. The minimum Gasteiger partial charge on any atom is -0.405 e. The maximum Gasteiger partial charge on any atom is -0.000718 e. The van der Waals surface area contributed by atoms with Crippen LogP contribution >= 0.6 is 0 Å². The summed E-state index contributed by atoms with van der Waals surface area (Å²) < 4.78 is 0. The van der Waals surface area contributed by atoms with Crippen molar-refractivity contribution < 1.29 is 0 Å². The average molecular weight is 337 g/mol. The third kappa shape index (κ3) is 2.97. The van der Waals surface area contributed by atoms with Crippen molar-refractivity contribution in [1.29, 1.82) is 0 Å². The number of allylic oxidation sites excluding steroid dienone is 3. The van der Waals surface area contributed by atoms with Crippen molar-refractivity contribution >= 4 is 0 Å². The number of aryl methyl sites for hydroxylation is 1. The molecule has 1 nitrogen and oxygen atoms in total. The van der Waals surface area contributed by atoms with Crippen LogP contribution in [0.1, 0.15) is 22.3 Å². The molecule has 3 aromatic rings. The molecule has 0 bridgehead atoms. The number of fused-ring (bicyclic) bond motifs is 3. The molecule has 1 aliphatic rings. The first-order valence-electron chi connectivity index (χ1n) is 9.11. The van der Waals surface area contributed by atoms with Crippen LogP contribution in [0.4, 0.5) is 0 Å². The maximum atomic E-state index is 5.40. The summed E-state index contributed by atoms with van der Waals surface area (Å²) in [6, 6.07) is 22.1. The number of benzene rings is 3. The average Bonchev–Trinajstić information content (AvgIpc) is 3.03. The van der Waals surface area contributed by atoms with Gasteiger partial charge in [-0.1, -0.05) is 72.8 Å². The Morgan fingerprint density at radius 2 is 1.69 bits per heavy atom. The van der Waals surface area contributed by atoms with Gasteiger partial charge < -0.3 is 5.73 Å². The summed E-state index contributed by atoms with van der Waals surface area (Å²) in [4.78, 5) is 0. The second-order valence-corrected chi connectivity index (χ2v) is 6.83. The molecule has 0 atom stereocenters. The first-order valence-corrected chi connectivity index (χ1v) is 9.11. The molecule has 4 rings (SSSR count). The molecule has 0 saturated carbocycles. The monoisotopic (exact) mass is 337 g/mol. The summed E-state index contributed by atoms with van der Waals surface area (Å²) >= 11 is 0. The lowest BCUT2D eigenvalue weighted by Gasteiger charge is -2.09. The van der Waals surface area contributed by atoms with E-state index in [2.05, 4.69) is 73.7 Å². The fraction of sp³-hybridized carbons (Fsp3) is 0.120. The van der Waals surface area contributed by atoms with Crippen molar-refractivity contribution in [2.75, 3.05) is 0 Å². The van der Waals surface area contributed by atoms with Crippen LogP contribution in [-0.2, 0) is 12.8 Å². The highest BCUT2D eigenvalue weighted by Gasteiger charge is 2.22. The molecule has 0 spiro atoms. The van der Waals surface area contributed by atoms with Crippen molar-refractivity contribution in [3.05, 3.63) is 107 Å². The van der Waals surface area contributed by atoms with Crippen molar-refractivity contribution in [2.24, 2.45) is 5.73 Å². The smallest absolute Gasteiger partial charge is 0.000718 e. The van der Waals surface area contributed by atoms with Crippen LogP contribution in [0.15, 0.2) is 85.1 Å². The molecule has 3 aromatic carbocycles. The summed E-state index contributed by atoms with van der Waals surface area (Å²) in [5, 5.41) is 0. The van der Waals surface area contributed by atoms with Gasteiger partial charge in [0, 0.05) is 0 Å². The highest BCUT2D eigenvalue weighted by atomic mass is 14.5. The summed E-state index contributed by atoms with van der Waals surface area (Å²) in [7, 11) is 0. The van der Waals surface area contributed by atoms with E-state index in [-0.39, 0.29) is 0 Å². The number of hydrogen-bond acceptors (Lipinski definition) is 1. The molecule has 0 aliphatic heterocycles. The summed E-state index contributed by atoms with van der Waals surface area (Å²) in [5.74, 6) is 0. The van der Waals surface area contributed by atoms with Gasteiger partial charge in [0.1, 0.15) is 0 Å². The quantitative estimate of drug-likeness (QED) is 0.468. The lowest BCUT2D eigenvalue weighted by molar-refractivity contribution is 1.18. The lowest BCUT2D eigenvalue weighted by Crippen LogP contribution is -1.91. The third-order valence-corrected chi connectivity index (χ3v) is 5.18. The van der Waals surface area contributed by atoms with E-state index in [0.29, 0.717) is 0 Å². The predicted octanol–water partition coefficient (Wildman–Crippen LogP) is 5.80. The first-order chi connectivity index (χ1) is 12.8. The zero-order chi connectivity index (χ0) is 17.9. The van der Waals surface area contributed by atoms with Crippen molar-refractivity contribution in [3.63, 3.8) is 0 Å². The second-order valence-electron chi connectivity index (χ2n) is 6.83. The minimum atomic E-state index is 0.928. The molecule has 0 heterocycles. The zero-order valence-electron chi connectivity index (χ0n) is 15.1. The topological polar surface area (TPSA) is 26.0 Å². The van der Waals surface area contributed by atoms with Gasteiger partial charge in [-0.05, 0) is 76.5 Å². The fourth-order valence-corrected chi connectivity index (χ4v) is 3.88. The van der Waals surface area contributed by atoms with Gasteiger partial charge in [0.05, 0.1) is 0 Å². The Morgan fingerprint density at radius 3 is 2.50 bits per heavy atom. The van der Waals surface area contributed by atoms with Gasteiger partial charge in [-0.15, -0.1) is 0 Å². The van der Waals surface area contributed by atoms with Crippen molar-refractivity contribution in [2.45, 2.75) is 19.8 Å². The number of hydrogen-bond donors (Lipinski definition) is 1. The highest BCUT2D eigenvalue weighted by Crippen LogP contribution is 2.42. The summed E-state index contributed by atoms with van der Waals surface area (Å²) in [6.45, 7) is 2.21. The van der Waals surface area contributed by atoms with Crippen LogP contribution in [0.2, 0.25) is 0 Å². The van der Waals surface area contributed by atoms with Gasteiger partial charge in [0.2, 0.25) is 0 Å². The molecule has 1 aliphatic carbocycles. The summed E-state index contributed by atoms with van der Waals surface area (Å²) in [5.41, 5.74) is 16.4. The van der Waals surface area contributed by atoms with Crippen LogP contribution in [0.25, 0.3) is 22.3 Å². The third-order valence-electron chi connectivity index (χ3n) is 5.18. The Kier molecular flexibility index (Phi) is 4.45. The van der Waals surface area contributed by atoms with E-state index in [1.54, 1.807) is 6.20 Å². The molecule has 0 amide bonds. The predicted molar refractivity (Wildman–Crippen MR) is 111 cm³/mol. The van der Waals surface area contributed by atoms with Gasteiger partial charge >= 0.3 is 0 Å². The zero-order valence-corrected chi connectivity index (χ0v) is 15.1. The van der Waals surface area contributed by atoms with E-state index in [1.165, 1.54) is 44.5 Å². The van der Waals surface area contributed by atoms with E-state index in [4.69, 9.17) is 5.73 Å². The van der Waals surface area contributed by atoms with E-state index in [1.807, 2.05) is 12.2 Å². The number of nitrogens with two attached hydrogens (primary N) is 1. The molecule has 0 radical (unpaired) electrons.